The molecule has 0 spiro atoms. The number of carbonyl (C=O) groups excluding carboxylic acids is 1. The molecule has 0 unspecified atom stereocenters. The van der Waals surface area contributed by atoms with Crippen LogP contribution in [0.5, 0.6) is 0 Å². The molecule has 2 aromatic rings. The number of guanidine groups is 1. The minimum atomic E-state index is -0.396. The van der Waals surface area contributed by atoms with E-state index in [1.54, 1.807) is 19.3 Å². The first kappa shape index (κ1) is 20.8. The van der Waals surface area contributed by atoms with Crippen molar-refractivity contribution in [2.45, 2.75) is 6.42 Å². The average molecular weight is 457 g/mol. The van der Waals surface area contributed by atoms with Crippen molar-refractivity contribution in [3.63, 3.8) is 0 Å². The first-order valence-corrected chi connectivity index (χ1v) is 7.57. The number of nitrogens with one attached hydrogen (secondary N) is 3. The number of aliphatic imine (C=N–C) groups is 1. The summed E-state index contributed by atoms with van der Waals surface area (Å²) in [5.41, 5.74) is 1.39. The first-order chi connectivity index (χ1) is 11.7. The number of hydrogen-bond acceptors (Lipinski definition) is 3. The normalized spacial score (nSPS) is 10.6. The molecule has 0 saturated carbocycles. The lowest BCUT2D eigenvalue weighted by Crippen LogP contribution is -2.42. The van der Waals surface area contributed by atoms with E-state index in [9.17, 15) is 9.18 Å². The summed E-state index contributed by atoms with van der Waals surface area (Å²) in [6.45, 7) is 0.669. The monoisotopic (exact) mass is 457 g/mol. The Labute approximate surface area is 163 Å². The largest absolute Gasteiger partial charge is 0.356 e. The predicted octanol–water partition coefficient (Wildman–Crippen LogP) is 2.18. The lowest BCUT2D eigenvalue weighted by molar-refractivity contribution is -0.115. The zero-order valence-electron chi connectivity index (χ0n) is 13.8. The smallest absolute Gasteiger partial charge is 0.243 e. The van der Waals surface area contributed by atoms with Gasteiger partial charge in [-0.05, 0) is 30.3 Å². The third kappa shape index (κ3) is 7.92. The summed E-state index contributed by atoms with van der Waals surface area (Å²) in [6.07, 6.45) is 2.50. The van der Waals surface area contributed by atoms with Gasteiger partial charge < -0.3 is 16.0 Å². The van der Waals surface area contributed by atoms with Gasteiger partial charge in [0.15, 0.2) is 5.96 Å². The summed E-state index contributed by atoms with van der Waals surface area (Å²) in [5, 5.41) is 8.62. The number of benzene rings is 1. The molecule has 1 heterocycles. The second-order valence-electron chi connectivity index (χ2n) is 4.98. The van der Waals surface area contributed by atoms with Crippen LogP contribution in [0, 0.1) is 5.82 Å². The molecule has 0 radical (unpaired) electrons. The third-order valence-electron chi connectivity index (χ3n) is 3.15. The molecule has 0 atom stereocenters. The fourth-order valence-electron chi connectivity index (χ4n) is 2.01. The lowest BCUT2D eigenvalue weighted by atomic mass is 10.3. The molecular weight excluding hydrogens is 436 g/mol. The Morgan fingerprint density at radius 2 is 2.04 bits per heavy atom. The van der Waals surface area contributed by atoms with Crippen LogP contribution in [0.25, 0.3) is 0 Å². The van der Waals surface area contributed by atoms with Crippen molar-refractivity contribution in [3.8, 4) is 0 Å². The highest BCUT2D eigenvalue weighted by Gasteiger charge is 2.05. The highest BCUT2D eigenvalue weighted by molar-refractivity contribution is 14.0. The molecule has 0 aliphatic rings. The standard InChI is InChI=1S/C17H20FN5O.HI/c1-19-17(21-10-8-14-6-2-3-9-20-14)22-12-16(24)23-15-7-4-5-13(18)11-15;/h2-7,9,11H,8,10,12H2,1H3,(H,23,24)(H2,19,21,22);1H. The SMILES string of the molecule is CN=C(NCCc1ccccn1)NCC(=O)Nc1cccc(F)c1.I. The fraction of sp³-hybridized carbons (Fsp3) is 0.235. The van der Waals surface area contributed by atoms with Crippen molar-refractivity contribution in [1.82, 2.24) is 15.6 Å². The van der Waals surface area contributed by atoms with Gasteiger partial charge in [0, 0.05) is 37.6 Å². The molecule has 3 N–H and O–H groups in total. The highest BCUT2D eigenvalue weighted by Crippen LogP contribution is 2.08. The van der Waals surface area contributed by atoms with E-state index < -0.39 is 5.82 Å². The maximum Gasteiger partial charge on any atom is 0.243 e. The number of pyridine rings is 1. The van der Waals surface area contributed by atoms with Crippen molar-refractivity contribution in [1.29, 1.82) is 0 Å². The predicted molar refractivity (Wildman–Crippen MR) is 108 cm³/mol. The molecule has 1 amide bonds. The van der Waals surface area contributed by atoms with Crippen LogP contribution in [-0.2, 0) is 11.2 Å². The van der Waals surface area contributed by atoms with Gasteiger partial charge in [-0.1, -0.05) is 12.1 Å². The summed E-state index contributed by atoms with van der Waals surface area (Å²) in [4.78, 5) is 20.1. The average Bonchev–Trinajstić information content (AvgIpc) is 2.59. The number of nitrogens with zero attached hydrogens (tertiary/aromatic N) is 2. The molecule has 0 fully saturated rings. The summed E-state index contributed by atoms with van der Waals surface area (Å²) in [6, 6.07) is 11.5. The van der Waals surface area contributed by atoms with E-state index in [2.05, 4.69) is 25.9 Å². The molecule has 6 nitrogen and oxygen atoms in total. The molecule has 1 aromatic heterocycles. The van der Waals surface area contributed by atoms with Gasteiger partial charge in [-0.25, -0.2) is 4.39 Å². The van der Waals surface area contributed by atoms with Gasteiger partial charge in [0.25, 0.3) is 0 Å². The summed E-state index contributed by atoms with van der Waals surface area (Å²) in [5.74, 6) is -0.165. The minimum absolute atomic E-state index is 0. The molecule has 0 bridgehead atoms. The molecule has 1 aromatic carbocycles. The Bertz CT molecular complexity index is 696. The topological polar surface area (TPSA) is 78.4 Å². The van der Waals surface area contributed by atoms with Crippen LogP contribution in [0.1, 0.15) is 5.69 Å². The van der Waals surface area contributed by atoms with Gasteiger partial charge in [-0.3, -0.25) is 14.8 Å². The number of aromatic nitrogens is 1. The van der Waals surface area contributed by atoms with Gasteiger partial charge in [0.2, 0.25) is 5.91 Å². The second kappa shape index (κ2) is 11.3. The number of anilines is 1. The second-order valence-corrected chi connectivity index (χ2v) is 4.98. The quantitative estimate of drug-likeness (QED) is 0.353. The summed E-state index contributed by atoms with van der Waals surface area (Å²) in [7, 11) is 1.63. The van der Waals surface area contributed by atoms with E-state index >= 15 is 0 Å². The zero-order chi connectivity index (χ0) is 17.2. The van der Waals surface area contributed by atoms with E-state index in [1.807, 2.05) is 18.2 Å². The summed E-state index contributed by atoms with van der Waals surface area (Å²) >= 11 is 0. The van der Waals surface area contributed by atoms with Gasteiger partial charge in [-0.2, -0.15) is 0 Å². The van der Waals surface area contributed by atoms with Crippen molar-refractivity contribution >= 4 is 41.5 Å². The Kier molecular flexibility index (Phi) is 9.45. The van der Waals surface area contributed by atoms with E-state index in [4.69, 9.17) is 0 Å². The number of halogens is 2. The van der Waals surface area contributed by atoms with Crippen LogP contribution < -0.4 is 16.0 Å². The van der Waals surface area contributed by atoms with E-state index in [0.29, 0.717) is 18.2 Å². The number of rotatable bonds is 6. The highest BCUT2D eigenvalue weighted by atomic mass is 127. The van der Waals surface area contributed by atoms with Crippen LogP contribution in [0.2, 0.25) is 0 Å². The molecule has 25 heavy (non-hydrogen) atoms. The molecule has 8 heteroatoms. The van der Waals surface area contributed by atoms with Crippen LogP contribution in [0.4, 0.5) is 10.1 Å². The van der Waals surface area contributed by atoms with E-state index in [0.717, 1.165) is 12.1 Å². The van der Waals surface area contributed by atoms with Gasteiger partial charge in [0.05, 0.1) is 6.54 Å². The van der Waals surface area contributed by atoms with Gasteiger partial charge >= 0.3 is 0 Å². The van der Waals surface area contributed by atoms with Crippen LogP contribution in [0.15, 0.2) is 53.7 Å². The van der Waals surface area contributed by atoms with Crippen molar-refractivity contribution in [2.24, 2.45) is 4.99 Å². The van der Waals surface area contributed by atoms with Gasteiger partial charge in [0.1, 0.15) is 5.82 Å². The Balaban J connectivity index is 0.00000312. The van der Waals surface area contributed by atoms with Crippen molar-refractivity contribution in [3.05, 3.63) is 60.2 Å². The maximum atomic E-state index is 13.1. The minimum Gasteiger partial charge on any atom is -0.356 e. The molecule has 0 saturated heterocycles. The fourth-order valence-corrected chi connectivity index (χ4v) is 2.01. The van der Waals surface area contributed by atoms with Crippen molar-refractivity contribution in [2.75, 3.05) is 25.5 Å². The first-order valence-electron chi connectivity index (χ1n) is 7.57. The van der Waals surface area contributed by atoms with Crippen LogP contribution in [0.3, 0.4) is 0 Å². The molecular formula is C17H21FIN5O. The Hall–Kier alpha value is -2.23. The van der Waals surface area contributed by atoms with Gasteiger partial charge in [-0.15, -0.1) is 24.0 Å². The Morgan fingerprint density at radius 1 is 1.20 bits per heavy atom. The van der Waals surface area contributed by atoms with E-state index in [1.165, 1.54) is 18.2 Å². The molecule has 0 aliphatic heterocycles. The van der Waals surface area contributed by atoms with E-state index in [-0.39, 0.29) is 36.4 Å². The molecule has 0 aliphatic carbocycles. The van der Waals surface area contributed by atoms with Crippen LogP contribution >= 0.6 is 24.0 Å². The number of amides is 1. The third-order valence-corrected chi connectivity index (χ3v) is 3.15. The molecule has 134 valence electrons. The lowest BCUT2D eigenvalue weighted by Gasteiger charge is -2.12. The summed E-state index contributed by atoms with van der Waals surface area (Å²) < 4.78 is 13.1. The maximum absolute atomic E-state index is 13.1. The number of hydrogen-bond donors (Lipinski definition) is 3. The number of carbonyl (C=O) groups is 1. The van der Waals surface area contributed by atoms with Crippen molar-refractivity contribution < 1.29 is 9.18 Å². The Morgan fingerprint density at radius 3 is 2.72 bits per heavy atom. The zero-order valence-corrected chi connectivity index (χ0v) is 16.2. The molecule has 2 rings (SSSR count). The van der Waals surface area contributed by atoms with Crippen LogP contribution in [-0.4, -0.2) is 37.0 Å².